The number of likely N-dealkylation sites (tertiary alicyclic amines) is 1. The number of aliphatic hydroxyl groups excluding tert-OH is 1. The van der Waals surface area contributed by atoms with Crippen LogP contribution in [0.1, 0.15) is 59.3 Å². The number of aliphatic hydroxyl groups is 1. The van der Waals surface area contributed by atoms with Gasteiger partial charge in [0.05, 0.1) is 25.8 Å². The van der Waals surface area contributed by atoms with Gasteiger partial charge in [0.1, 0.15) is 12.6 Å². The quantitative estimate of drug-likeness (QED) is 0.805. The van der Waals surface area contributed by atoms with Gasteiger partial charge < -0.3 is 14.7 Å². The fourth-order valence-electron chi connectivity index (χ4n) is 3.81. The van der Waals surface area contributed by atoms with Gasteiger partial charge in [0.25, 0.3) is 0 Å². The lowest BCUT2D eigenvalue weighted by molar-refractivity contribution is -0.890. The minimum atomic E-state index is -0.275. The molecule has 3 heteroatoms. The van der Waals surface area contributed by atoms with Gasteiger partial charge in [-0.05, 0) is 37.0 Å². The standard InChI is InChI=1S/C17H33NO2/c1-17(2,3)14-6-8-16(9-7-14)20-13-15(19)12-18-10-4-5-11-18/h14-16,19H,4-13H2,1-3H3/p+1/t14?,15-,16?/m1/s1. The number of hydrogen-bond donors (Lipinski definition) is 2. The summed E-state index contributed by atoms with van der Waals surface area (Å²) in [7, 11) is 0. The first kappa shape index (κ1) is 16.3. The Morgan fingerprint density at radius 3 is 2.25 bits per heavy atom. The van der Waals surface area contributed by atoms with Gasteiger partial charge in [0.2, 0.25) is 0 Å². The van der Waals surface area contributed by atoms with Crippen molar-refractivity contribution in [1.82, 2.24) is 0 Å². The molecule has 0 amide bonds. The molecule has 1 aliphatic heterocycles. The number of ether oxygens (including phenoxy) is 1. The van der Waals surface area contributed by atoms with Crippen molar-refractivity contribution in [2.45, 2.75) is 71.5 Å². The predicted octanol–water partition coefficient (Wildman–Crippen LogP) is 1.65. The van der Waals surface area contributed by atoms with E-state index in [2.05, 4.69) is 20.8 Å². The summed E-state index contributed by atoms with van der Waals surface area (Å²) < 4.78 is 5.95. The van der Waals surface area contributed by atoms with E-state index in [1.165, 1.54) is 51.6 Å². The van der Waals surface area contributed by atoms with Crippen molar-refractivity contribution in [3.05, 3.63) is 0 Å². The second kappa shape index (κ2) is 7.24. The Bertz CT molecular complexity index is 273. The molecule has 1 atom stereocenters. The third-order valence-corrected chi connectivity index (χ3v) is 5.26. The van der Waals surface area contributed by atoms with E-state index in [0.717, 1.165) is 12.5 Å². The van der Waals surface area contributed by atoms with Crippen molar-refractivity contribution in [1.29, 1.82) is 0 Å². The van der Waals surface area contributed by atoms with Gasteiger partial charge in [-0.15, -0.1) is 0 Å². The summed E-state index contributed by atoms with van der Waals surface area (Å²) in [6, 6.07) is 0. The van der Waals surface area contributed by atoms with Crippen molar-refractivity contribution < 1.29 is 14.7 Å². The first-order valence-corrected chi connectivity index (χ1v) is 8.58. The first-order valence-electron chi connectivity index (χ1n) is 8.58. The van der Waals surface area contributed by atoms with Crippen LogP contribution in [0.4, 0.5) is 0 Å². The highest BCUT2D eigenvalue weighted by molar-refractivity contribution is 4.81. The van der Waals surface area contributed by atoms with E-state index in [1.54, 1.807) is 4.90 Å². The van der Waals surface area contributed by atoms with E-state index >= 15 is 0 Å². The average molecular weight is 284 g/mol. The zero-order valence-electron chi connectivity index (χ0n) is 13.7. The molecule has 1 heterocycles. The molecule has 0 aromatic carbocycles. The molecule has 2 N–H and O–H groups in total. The molecule has 0 unspecified atom stereocenters. The highest BCUT2D eigenvalue weighted by Crippen LogP contribution is 2.38. The molecule has 2 fully saturated rings. The van der Waals surface area contributed by atoms with Crippen LogP contribution in [-0.2, 0) is 4.74 Å². The summed E-state index contributed by atoms with van der Waals surface area (Å²) in [6.07, 6.45) is 7.65. The van der Waals surface area contributed by atoms with Crippen molar-refractivity contribution in [3.8, 4) is 0 Å². The van der Waals surface area contributed by atoms with Crippen LogP contribution in [-0.4, -0.2) is 43.6 Å². The smallest absolute Gasteiger partial charge is 0.126 e. The Balaban J connectivity index is 1.60. The summed E-state index contributed by atoms with van der Waals surface area (Å²) in [5.41, 5.74) is 0.434. The maximum Gasteiger partial charge on any atom is 0.126 e. The first-order chi connectivity index (χ1) is 9.45. The summed E-state index contributed by atoms with van der Waals surface area (Å²) in [5.74, 6) is 0.835. The molecule has 1 saturated carbocycles. The van der Waals surface area contributed by atoms with Crippen LogP contribution >= 0.6 is 0 Å². The molecule has 1 saturated heterocycles. The van der Waals surface area contributed by atoms with E-state index in [1.807, 2.05) is 0 Å². The molecule has 20 heavy (non-hydrogen) atoms. The molecule has 0 aromatic rings. The Labute approximate surface area is 124 Å². The molecule has 2 rings (SSSR count). The molecule has 3 nitrogen and oxygen atoms in total. The predicted molar refractivity (Wildman–Crippen MR) is 82.0 cm³/mol. The third kappa shape index (κ3) is 5.01. The zero-order valence-corrected chi connectivity index (χ0v) is 13.7. The Kier molecular flexibility index (Phi) is 5.88. The fraction of sp³-hybridized carbons (Fsp3) is 1.00. The highest BCUT2D eigenvalue weighted by Gasteiger charge is 2.30. The molecule has 0 aromatic heterocycles. The van der Waals surface area contributed by atoms with Crippen molar-refractivity contribution in [3.63, 3.8) is 0 Å². The van der Waals surface area contributed by atoms with Crippen LogP contribution < -0.4 is 4.90 Å². The van der Waals surface area contributed by atoms with Crippen LogP contribution in [0, 0.1) is 11.3 Å². The van der Waals surface area contributed by atoms with Gasteiger partial charge in [0.15, 0.2) is 0 Å². The van der Waals surface area contributed by atoms with Crippen LogP contribution in [0.25, 0.3) is 0 Å². The van der Waals surface area contributed by atoms with Crippen molar-refractivity contribution in [2.75, 3.05) is 26.2 Å². The molecule has 0 radical (unpaired) electrons. The lowest BCUT2D eigenvalue weighted by Gasteiger charge is -2.37. The molecule has 0 spiro atoms. The molecular weight excluding hydrogens is 250 g/mol. The molecule has 0 bridgehead atoms. The second-order valence-corrected chi connectivity index (χ2v) is 7.99. The minimum absolute atomic E-state index is 0.275. The summed E-state index contributed by atoms with van der Waals surface area (Å²) in [5, 5.41) is 10.1. The van der Waals surface area contributed by atoms with Crippen LogP contribution in [0.5, 0.6) is 0 Å². The van der Waals surface area contributed by atoms with Gasteiger partial charge in [-0.3, -0.25) is 0 Å². The number of rotatable bonds is 5. The summed E-state index contributed by atoms with van der Waals surface area (Å²) in [6.45, 7) is 10.9. The Morgan fingerprint density at radius 2 is 1.70 bits per heavy atom. The lowest BCUT2D eigenvalue weighted by Crippen LogP contribution is -3.11. The van der Waals surface area contributed by atoms with Crippen LogP contribution in [0.15, 0.2) is 0 Å². The van der Waals surface area contributed by atoms with Crippen molar-refractivity contribution >= 4 is 0 Å². The van der Waals surface area contributed by atoms with Crippen LogP contribution in [0.2, 0.25) is 0 Å². The number of quaternary nitrogens is 1. The average Bonchev–Trinajstić information content (AvgIpc) is 2.88. The van der Waals surface area contributed by atoms with Gasteiger partial charge in [-0.25, -0.2) is 0 Å². The van der Waals surface area contributed by atoms with Crippen LogP contribution in [0.3, 0.4) is 0 Å². The summed E-state index contributed by atoms with van der Waals surface area (Å²) >= 11 is 0. The van der Waals surface area contributed by atoms with E-state index in [0.29, 0.717) is 18.1 Å². The maximum absolute atomic E-state index is 10.1. The van der Waals surface area contributed by atoms with Gasteiger partial charge in [0, 0.05) is 12.8 Å². The molecule has 2 aliphatic rings. The Morgan fingerprint density at radius 1 is 1.10 bits per heavy atom. The maximum atomic E-state index is 10.1. The third-order valence-electron chi connectivity index (χ3n) is 5.26. The summed E-state index contributed by atoms with van der Waals surface area (Å²) in [4.78, 5) is 1.55. The minimum Gasteiger partial charge on any atom is -0.385 e. The van der Waals surface area contributed by atoms with E-state index < -0.39 is 0 Å². The molecule has 1 aliphatic carbocycles. The number of nitrogens with one attached hydrogen (secondary N) is 1. The second-order valence-electron chi connectivity index (χ2n) is 7.99. The van der Waals surface area contributed by atoms with E-state index in [4.69, 9.17) is 4.74 Å². The van der Waals surface area contributed by atoms with Crippen molar-refractivity contribution in [2.24, 2.45) is 11.3 Å². The van der Waals surface area contributed by atoms with Gasteiger partial charge in [-0.2, -0.15) is 0 Å². The lowest BCUT2D eigenvalue weighted by atomic mass is 9.72. The fourth-order valence-corrected chi connectivity index (χ4v) is 3.81. The monoisotopic (exact) mass is 284 g/mol. The molecular formula is C17H34NO2+. The van der Waals surface area contributed by atoms with Gasteiger partial charge >= 0.3 is 0 Å². The SMILES string of the molecule is CC(C)(C)C1CCC(OC[C@H](O)C[NH+]2CCCC2)CC1. The Hall–Kier alpha value is -0.120. The largest absolute Gasteiger partial charge is 0.385 e. The normalized spacial score (nSPS) is 30.6. The van der Waals surface area contributed by atoms with E-state index in [9.17, 15) is 5.11 Å². The zero-order chi connectivity index (χ0) is 14.6. The number of hydrogen-bond acceptors (Lipinski definition) is 2. The van der Waals surface area contributed by atoms with E-state index in [-0.39, 0.29) is 6.10 Å². The topological polar surface area (TPSA) is 33.9 Å². The highest BCUT2D eigenvalue weighted by atomic mass is 16.5. The molecule has 118 valence electrons. The van der Waals surface area contributed by atoms with Gasteiger partial charge in [-0.1, -0.05) is 20.8 Å².